The zero-order valence-corrected chi connectivity index (χ0v) is 10.1. The van der Waals surface area contributed by atoms with Gasteiger partial charge in [0.05, 0.1) is 18.9 Å². The number of para-hydroxylation sites is 1. The van der Waals surface area contributed by atoms with Crippen molar-refractivity contribution in [2.75, 3.05) is 12.8 Å². The molecule has 0 atom stereocenters. The summed E-state index contributed by atoms with van der Waals surface area (Å²) in [4.78, 5) is 0. The maximum atomic E-state index is 5.93. The average Bonchev–Trinajstić information content (AvgIpc) is 3.09. The van der Waals surface area contributed by atoms with Gasteiger partial charge in [-0.05, 0) is 25.0 Å². The molecule has 1 fully saturated rings. The first-order chi connectivity index (χ1) is 8.78. The first kappa shape index (κ1) is 11.0. The molecule has 1 aliphatic rings. The Morgan fingerprint density at radius 2 is 2.22 bits per heavy atom. The monoisotopic (exact) mass is 245 g/mol. The molecule has 18 heavy (non-hydrogen) atoms. The van der Waals surface area contributed by atoms with Gasteiger partial charge in [-0.2, -0.15) is 5.10 Å². The lowest BCUT2D eigenvalue weighted by Gasteiger charge is -2.13. The number of nitrogens with one attached hydrogen (secondary N) is 1. The van der Waals surface area contributed by atoms with Gasteiger partial charge in [-0.15, -0.1) is 0 Å². The van der Waals surface area contributed by atoms with Crippen molar-refractivity contribution in [3.63, 3.8) is 0 Å². The third-order valence-corrected chi connectivity index (χ3v) is 2.90. The standard InChI is InChI=1S/C13H15N3O2/c1-17-11-4-2-3-9(10-7-12(14)16-15-10)13(11)18-8-5-6-8/h2-4,7-8H,5-6H2,1H3,(H3,14,15,16). The van der Waals surface area contributed by atoms with Crippen molar-refractivity contribution in [2.24, 2.45) is 0 Å². The van der Waals surface area contributed by atoms with E-state index in [-0.39, 0.29) is 0 Å². The molecule has 1 aliphatic carbocycles. The van der Waals surface area contributed by atoms with E-state index in [4.69, 9.17) is 15.2 Å². The summed E-state index contributed by atoms with van der Waals surface area (Å²) in [5.41, 5.74) is 7.39. The minimum absolute atomic E-state index is 0.306. The summed E-state index contributed by atoms with van der Waals surface area (Å²) in [5, 5.41) is 6.84. The molecule has 0 saturated heterocycles. The van der Waals surface area contributed by atoms with E-state index in [0.29, 0.717) is 11.9 Å². The first-order valence-electron chi connectivity index (χ1n) is 5.93. The van der Waals surface area contributed by atoms with E-state index in [1.807, 2.05) is 18.2 Å². The summed E-state index contributed by atoms with van der Waals surface area (Å²) < 4.78 is 11.3. The van der Waals surface area contributed by atoms with Crippen LogP contribution >= 0.6 is 0 Å². The fourth-order valence-electron chi connectivity index (χ4n) is 1.84. The lowest BCUT2D eigenvalue weighted by atomic mass is 10.1. The minimum atomic E-state index is 0.306. The SMILES string of the molecule is COc1cccc(-c2cc(N)n[nH]2)c1OC1CC1. The van der Waals surface area contributed by atoms with Crippen LogP contribution in [0.25, 0.3) is 11.3 Å². The zero-order chi connectivity index (χ0) is 12.5. The molecular formula is C13H15N3O2. The van der Waals surface area contributed by atoms with Crippen molar-refractivity contribution in [3.05, 3.63) is 24.3 Å². The second kappa shape index (κ2) is 4.25. The predicted octanol–water partition coefficient (Wildman–Crippen LogP) is 2.21. The van der Waals surface area contributed by atoms with Crippen molar-refractivity contribution in [1.29, 1.82) is 0 Å². The molecule has 1 aromatic heterocycles. The Morgan fingerprint density at radius 3 is 2.83 bits per heavy atom. The maximum absolute atomic E-state index is 5.93. The molecule has 0 aliphatic heterocycles. The van der Waals surface area contributed by atoms with E-state index in [9.17, 15) is 0 Å². The van der Waals surface area contributed by atoms with Gasteiger partial charge in [-0.1, -0.05) is 6.07 Å². The van der Waals surface area contributed by atoms with Gasteiger partial charge in [0.15, 0.2) is 11.5 Å². The highest BCUT2D eigenvalue weighted by atomic mass is 16.5. The Balaban J connectivity index is 2.06. The molecule has 5 heteroatoms. The zero-order valence-electron chi connectivity index (χ0n) is 10.1. The highest BCUT2D eigenvalue weighted by Gasteiger charge is 2.26. The van der Waals surface area contributed by atoms with Crippen molar-refractivity contribution in [1.82, 2.24) is 10.2 Å². The molecule has 1 aromatic carbocycles. The summed E-state index contributed by atoms with van der Waals surface area (Å²) >= 11 is 0. The normalized spacial score (nSPS) is 14.5. The summed E-state index contributed by atoms with van der Waals surface area (Å²) in [6, 6.07) is 7.56. The van der Waals surface area contributed by atoms with Crippen molar-refractivity contribution in [2.45, 2.75) is 18.9 Å². The van der Waals surface area contributed by atoms with Crippen LogP contribution in [0.4, 0.5) is 5.82 Å². The lowest BCUT2D eigenvalue weighted by Crippen LogP contribution is -2.00. The Morgan fingerprint density at radius 1 is 1.39 bits per heavy atom. The molecule has 1 heterocycles. The second-order valence-electron chi connectivity index (χ2n) is 4.36. The Kier molecular flexibility index (Phi) is 2.59. The fourth-order valence-corrected chi connectivity index (χ4v) is 1.84. The van der Waals surface area contributed by atoms with Gasteiger partial charge in [-0.25, -0.2) is 0 Å². The number of methoxy groups -OCH3 is 1. The van der Waals surface area contributed by atoms with Gasteiger partial charge in [0.2, 0.25) is 0 Å². The van der Waals surface area contributed by atoms with E-state index in [1.54, 1.807) is 13.2 Å². The molecule has 0 amide bonds. The highest BCUT2D eigenvalue weighted by Crippen LogP contribution is 2.41. The number of nitrogen functional groups attached to an aromatic ring is 1. The molecule has 1 saturated carbocycles. The van der Waals surface area contributed by atoms with E-state index in [1.165, 1.54) is 0 Å². The smallest absolute Gasteiger partial charge is 0.170 e. The summed E-state index contributed by atoms with van der Waals surface area (Å²) in [6.07, 6.45) is 2.51. The number of nitrogens with zero attached hydrogens (tertiary/aromatic N) is 1. The van der Waals surface area contributed by atoms with Crippen molar-refractivity contribution < 1.29 is 9.47 Å². The van der Waals surface area contributed by atoms with Crippen LogP contribution in [0.2, 0.25) is 0 Å². The van der Waals surface area contributed by atoms with Crippen LogP contribution in [-0.2, 0) is 0 Å². The number of H-pyrrole nitrogens is 1. The molecule has 2 aromatic rings. The number of ether oxygens (including phenoxy) is 2. The van der Waals surface area contributed by atoms with Crippen molar-refractivity contribution >= 4 is 5.82 Å². The summed E-state index contributed by atoms with van der Waals surface area (Å²) in [6.45, 7) is 0. The number of hydrogen-bond donors (Lipinski definition) is 2. The van der Waals surface area contributed by atoms with Crippen LogP contribution < -0.4 is 15.2 Å². The van der Waals surface area contributed by atoms with Gasteiger partial charge in [0, 0.05) is 11.6 Å². The topological polar surface area (TPSA) is 73.2 Å². The van der Waals surface area contributed by atoms with E-state index in [2.05, 4.69) is 10.2 Å². The summed E-state index contributed by atoms with van der Waals surface area (Å²) in [7, 11) is 1.64. The highest BCUT2D eigenvalue weighted by molar-refractivity contribution is 5.72. The van der Waals surface area contributed by atoms with Gasteiger partial charge < -0.3 is 15.2 Å². The van der Waals surface area contributed by atoms with E-state index in [0.717, 1.165) is 35.6 Å². The van der Waals surface area contributed by atoms with Crippen LogP contribution in [0.1, 0.15) is 12.8 Å². The number of anilines is 1. The predicted molar refractivity (Wildman–Crippen MR) is 68.6 cm³/mol. The van der Waals surface area contributed by atoms with Crippen LogP contribution in [0, 0.1) is 0 Å². The van der Waals surface area contributed by atoms with Gasteiger partial charge in [-0.3, -0.25) is 5.10 Å². The minimum Gasteiger partial charge on any atom is -0.493 e. The maximum Gasteiger partial charge on any atom is 0.170 e. The number of nitrogens with two attached hydrogens (primary N) is 1. The molecule has 3 N–H and O–H groups in total. The number of hydrogen-bond acceptors (Lipinski definition) is 4. The molecule has 0 radical (unpaired) electrons. The third-order valence-electron chi connectivity index (χ3n) is 2.90. The van der Waals surface area contributed by atoms with Crippen LogP contribution in [0.5, 0.6) is 11.5 Å². The quantitative estimate of drug-likeness (QED) is 0.866. The number of rotatable bonds is 4. The van der Waals surface area contributed by atoms with Gasteiger partial charge >= 0.3 is 0 Å². The molecule has 0 unspecified atom stereocenters. The molecule has 94 valence electrons. The lowest BCUT2D eigenvalue weighted by molar-refractivity contribution is 0.283. The van der Waals surface area contributed by atoms with Crippen LogP contribution in [0.3, 0.4) is 0 Å². The Bertz CT molecular complexity index is 561. The van der Waals surface area contributed by atoms with Gasteiger partial charge in [0.25, 0.3) is 0 Å². The largest absolute Gasteiger partial charge is 0.493 e. The van der Waals surface area contributed by atoms with E-state index < -0.39 is 0 Å². The van der Waals surface area contributed by atoms with E-state index >= 15 is 0 Å². The molecule has 3 rings (SSSR count). The van der Waals surface area contributed by atoms with Crippen molar-refractivity contribution in [3.8, 4) is 22.8 Å². The van der Waals surface area contributed by atoms with Crippen LogP contribution in [-0.4, -0.2) is 23.4 Å². The Labute approximate surface area is 105 Å². The van der Waals surface area contributed by atoms with Gasteiger partial charge in [0.1, 0.15) is 5.82 Å². The molecule has 0 spiro atoms. The van der Waals surface area contributed by atoms with Crippen LogP contribution in [0.15, 0.2) is 24.3 Å². The second-order valence-corrected chi connectivity index (χ2v) is 4.36. The number of aromatic amines is 1. The number of aromatic nitrogens is 2. The summed E-state index contributed by atoms with van der Waals surface area (Å²) in [5.74, 6) is 1.95. The third kappa shape index (κ3) is 1.99. The molecular weight excluding hydrogens is 230 g/mol. The fraction of sp³-hybridized carbons (Fsp3) is 0.308. The molecule has 0 bridgehead atoms. The average molecular weight is 245 g/mol. The first-order valence-corrected chi connectivity index (χ1v) is 5.93. The molecule has 5 nitrogen and oxygen atoms in total. The Hall–Kier alpha value is -2.17. The number of benzene rings is 1.